The molecule has 1 heterocycles. The molecule has 30 heavy (non-hydrogen) atoms. The van der Waals surface area contributed by atoms with Gasteiger partial charge in [0.1, 0.15) is 5.82 Å². The summed E-state index contributed by atoms with van der Waals surface area (Å²) in [6.07, 6.45) is 1.16. The number of nitrogens with one attached hydrogen (secondary N) is 2. The standard InChI is InChI=1S/C21H30F3N5O/c1-26-18-17(25)10-16(19(28-18)29(15-8-9-15)11-12-2-3-12)20(30)27-14-6-4-13(5-7-14)21(22,23)24/h10,12-15H,2-9,11,25H2,1H3,(H,26,28)(H,27,30). The van der Waals surface area contributed by atoms with Gasteiger partial charge in [-0.05, 0) is 63.4 Å². The van der Waals surface area contributed by atoms with Gasteiger partial charge in [-0.1, -0.05) is 0 Å². The molecule has 0 bridgehead atoms. The Hall–Kier alpha value is -2.19. The number of amides is 1. The second-order valence-corrected chi connectivity index (χ2v) is 8.94. The molecule has 0 radical (unpaired) electrons. The first-order valence-electron chi connectivity index (χ1n) is 10.9. The molecule has 1 aromatic heterocycles. The summed E-state index contributed by atoms with van der Waals surface area (Å²) in [4.78, 5) is 20.0. The highest BCUT2D eigenvalue weighted by Crippen LogP contribution is 2.40. The van der Waals surface area contributed by atoms with E-state index in [1.54, 1.807) is 13.1 Å². The molecule has 6 nitrogen and oxygen atoms in total. The Morgan fingerprint density at radius 1 is 1.17 bits per heavy atom. The summed E-state index contributed by atoms with van der Waals surface area (Å²) in [6.45, 7) is 0.877. The van der Waals surface area contributed by atoms with Crippen molar-refractivity contribution in [1.82, 2.24) is 10.3 Å². The van der Waals surface area contributed by atoms with Gasteiger partial charge in [0.05, 0.1) is 17.2 Å². The SMILES string of the molecule is CNc1nc(N(CC2CC2)C2CC2)c(C(=O)NC2CCC(C(F)(F)F)CC2)cc1N. The third-order valence-electron chi connectivity index (χ3n) is 6.45. The molecule has 0 spiro atoms. The molecule has 0 saturated heterocycles. The highest BCUT2D eigenvalue weighted by Gasteiger charge is 2.42. The first kappa shape index (κ1) is 21.1. The van der Waals surface area contributed by atoms with Crippen LogP contribution in [0.25, 0.3) is 0 Å². The van der Waals surface area contributed by atoms with Crippen LogP contribution in [0.15, 0.2) is 6.07 Å². The molecule has 0 aromatic carbocycles. The van der Waals surface area contributed by atoms with Gasteiger partial charge in [-0.2, -0.15) is 13.2 Å². The third-order valence-corrected chi connectivity index (χ3v) is 6.45. The molecular weight excluding hydrogens is 395 g/mol. The highest BCUT2D eigenvalue weighted by atomic mass is 19.4. The number of nitrogens with zero attached hydrogens (tertiary/aromatic N) is 2. The van der Waals surface area contributed by atoms with Gasteiger partial charge in [-0.15, -0.1) is 0 Å². The Labute approximate surface area is 174 Å². The maximum absolute atomic E-state index is 13.1. The predicted octanol–water partition coefficient (Wildman–Crippen LogP) is 3.94. The van der Waals surface area contributed by atoms with Crippen LogP contribution in [0.3, 0.4) is 0 Å². The van der Waals surface area contributed by atoms with Crippen molar-refractivity contribution in [2.45, 2.75) is 69.6 Å². The van der Waals surface area contributed by atoms with Crippen molar-refractivity contribution in [3.8, 4) is 0 Å². The summed E-state index contributed by atoms with van der Waals surface area (Å²) in [5.74, 6) is 0.232. The third kappa shape index (κ3) is 4.75. The van der Waals surface area contributed by atoms with Crippen LogP contribution in [0.4, 0.5) is 30.5 Å². The van der Waals surface area contributed by atoms with Gasteiger partial charge < -0.3 is 21.3 Å². The highest BCUT2D eigenvalue weighted by molar-refractivity contribution is 6.01. The number of aromatic nitrogens is 1. The van der Waals surface area contributed by atoms with Crippen molar-refractivity contribution in [2.24, 2.45) is 11.8 Å². The fourth-order valence-electron chi connectivity index (χ4n) is 4.31. The number of alkyl halides is 3. The minimum absolute atomic E-state index is 0.0518. The molecule has 3 fully saturated rings. The van der Waals surface area contributed by atoms with E-state index in [1.807, 2.05) is 0 Å². The number of carbonyl (C=O) groups is 1. The summed E-state index contributed by atoms with van der Waals surface area (Å²) in [5, 5.41) is 5.93. The van der Waals surface area contributed by atoms with Crippen molar-refractivity contribution in [2.75, 3.05) is 29.5 Å². The first-order valence-corrected chi connectivity index (χ1v) is 10.9. The fraction of sp³-hybridized carbons (Fsp3) is 0.714. The fourth-order valence-corrected chi connectivity index (χ4v) is 4.31. The van der Waals surface area contributed by atoms with Gasteiger partial charge in [0, 0.05) is 25.7 Å². The minimum Gasteiger partial charge on any atom is -0.396 e. The van der Waals surface area contributed by atoms with Gasteiger partial charge in [-0.25, -0.2) is 4.98 Å². The van der Waals surface area contributed by atoms with Crippen molar-refractivity contribution in [1.29, 1.82) is 0 Å². The van der Waals surface area contributed by atoms with Crippen LogP contribution in [-0.2, 0) is 0 Å². The number of halogens is 3. The van der Waals surface area contributed by atoms with Crippen LogP contribution in [0.1, 0.15) is 61.7 Å². The molecule has 3 aliphatic carbocycles. The Morgan fingerprint density at radius 2 is 1.83 bits per heavy atom. The zero-order valence-corrected chi connectivity index (χ0v) is 17.3. The Kier molecular flexibility index (Phi) is 5.72. The van der Waals surface area contributed by atoms with Crippen LogP contribution < -0.4 is 21.3 Å². The molecule has 0 aliphatic heterocycles. The van der Waals surface area contributed by atoms with E-state index in [0.29, 0.717) is 47.7 Å². The summed E-state index contributed by atoms with van der Waals surface area (Å²) in [6, 6.07) is 1.78. The van der Waals surface area contributed by atoms with Crippen molar-refractivity contribution in [3.05, 3.63) is 11.6 Å². The van der Waals surface area contributed by atoms with E-state index in [2.05, 4.69) is 20.5 Å². The monoisotopic (exact) mass is 425 g/mol. The van der Waals surface area contributed by atoms with Gasteiger partial charge in [-0.3, -0.25) is 4.79 Å². The largest absolute Gasteiger partial charge is 0.396 e. The molecule has 3 aliphatic rings. The lowest BCUT2D eigenvalue weighted by atomic mass is 9.85. The van der Waals surface area contributed by atoms with Gasteiger partial charge in [0.15, 0.2) is 5.82 Å². The first-order chi connectivity index (χ1) is 14.3. The summed E-state index contributed by atoms with van der Waals surface area (Å²) >= 11 is 0. The molecule has 3 saturated carbocycles. The molecule has 0 unspecified atom stereocenters. The number of carbonyl (C=O) groups excluding carboxylic acids is 1. The lowest BCUT2D eigenvalue weighted by Gasteiger charge is -2.31. The molecule has 1 amide bonds. The number of hydrogen-bond acceptors (Lipinski definition) is 5. The van der Waals surface area contributed by atoms with Crippen LogP contribution in [0.5, 0.6) is 0 Å². The van der Waals surface area contributed by atoms with Crippen molar-refractivity contribution < 1.29 is 18.0 Å². The van der Waals surface area contributed by atoms with Crippen molar-refractivity contribution in [3.63, 3.8) is 0 Å². The van der Waals surface area contributed by atoms with Crippen LogP contribution >= 0.6 is 0 Å². The van der Waals surface area contributed by atoms with Gasteiger partial charge in [0.25, 0.3) is 5.91 Å². The summed E-state index contributed by atoms with van der Waals surface area (Å²) in [5.41, 5.74) is 6.89. The molecular formula is C21H30F3N5O. The smallest absolute Gasteiger partial charge is 0.391 e. The molecule has 4 rings (SSSR count). The number of rotatable bonds is 7. The zero-order chi connectivity index (χ0) is 21.5. The lowest BCUT2D eigenvalue weighted by molar-refractivity contribution is -0.182. The summed E-state index contributed by atoms with van der Waals surface area (Å²) in [7, 11) is 1.74. The number of nitrogen functional groups attached to an aromatic ring is 1. The van der Waals surface area contributed by atoms with E-state index in [1.165, 1.54) is 12.8 Å². The second-order valence-electron chi connectivity index (χ2n) is 8.94. The average molecular weight is 425 g/mol. The topological polar surface area (TPSA) is 83.3 Å². The van der Waals surface area contributed by atoms with E-state index in [9.17, 15) is 18.0 Å². The summed E-state index contributed by atoms with van der Waals surface area (Å²) < 4.78 is 38.8. The lowest BCUT2D eigenvalue weighted by Crippen LogP contribution is -2.41. The van der Waals surface area contributed by atoms with E-state index < -0.39 is 12.1 Å². The second kappa shape index (κ2) is 8.15. The maximum Gasteiger partial charge on any atom is 0.391 e. The number of pyridine rings is 1. The van der Waals surface area contributed by atoms with Gasteiger partial charge in [0.2, 0.25) is 0 Å². The number of nitrogens with two attached hydrogens (primary N) is 1. The van der Waals surface area contributed by atoms with E-state index >= 15 is 0 Å². The molecule has 166 valence electrons. The Balaban J connectivity index is 1.52. The average Bonchev–Trinajstić information content (AvgIpc) is 3.60. The Bertz CT molecular complexity index is 784. The zero-order valence-electron chi connectivity index (χ0n) is 17.3. The van der Waals surface area contributed by atoms with E-state index in [0.717, 1.165) is 19.4 Å². The van der Waals surface area contributed by atoms with E-state index in [-0.39, 0.29) is 24.8 Å². The number of anilines is 3. The Morgan fingerprint density at radius 3 is 2.37 bits per heavy atom. The molecule has 9 heteroatoms. The van der Waals surface area contributed by atoms with Crippen LogP contribution in [0.2, 0.25) is 0 Å². The van der Waals surface area contributed by atoms with E-state index in [4.69, 9.17) is 5.73 Å². The van der Waals surface area contributed by atoms with Gasteiger partial charge >= 0.3 is 6.18 Å². The molecule has 1 aromatic rings. The van der Waals surface area contributed by atoms with Crippen LogP contribution in [-0.4, -0.2) is 42.7 Å². The number of hydrogen-bond donors (Lipinski definition) is 3. The molecule has 0 atom stereocenters. The minimum atomic E-state index is -4.16. The molecule has 4 N–H and O–H groups in total. The maximum atomic E-state index is 13.1. The van der Waals surface area contributed by atoms with Crippen LogP contribution in [0, 0.1) is 11.8 Å². The predicted molar refractivity (Wildman–Crippen MR) is 111 cm³/mol. The normalized spacial score (nSPS) is 24.4. The quantitative estimate of drug-likeness (QED) is 0.617. The van der Waals surface area contributed by atoms with Crippen molar-refractivity contribution >= 4 is 23.2 Å².